The summed E-state index contributed by atoms with van der Waals surface area (Å²) in [7, 11) is 0. The smallest absolute Gasteiger partial charge is 0.327 e. The Labute approximate surface area is 125 Å². The van der Waals surface area contributed by atoms with Crippen LogP contribution >= 0.6 is 24.0 Å². The van der Waals surface area contributed by atoms with Crippen molar-refractivity contribution in [1.82, 2.24) is 5.32 Å². The third kappa shape index (κ3) is 6.39. The molecule has 0 spiro atoms. The molecule has 8 heteroatoms. The van der Waals surface area contributed by atoms with Crippen molar-refractivity contribution in [2.45, 2.75) is 6.04 Å². The Hall–Kier alpha value is -1.80. The first kappa shape index (κ1) is 16.3. The Morgan fingerprint density at radius 1 is 1.25 bits per heavy atom. The first-order valence-corrected chi connectivity index (χ1v) is 7.20. The lowest BCUT2D eigenvalue weighted by Crippen LogP contribution is -2.44. The summed E-state index contributed by atoms with van der Waals surface area (Å²) in [5.74, 6) is -2.10. The van der Waals surface area contributed by atoms with Gasteiger partial charge in [-0.3, -0.25) is 4.79 Å². The van der Waals surface area contributed by atoms with E-state index in [1.165, 1.54) is 0 Å². The third-order valence-corrected chi connectivity index (χ3v) is 3.39. The van der Waals surface area contributed by atoms with Crippen LogP contribution < -0.4 is 10.6 Å². The number of para-hydroxylation sites is 1. The van der Waals surface area contributed by atoms with Gasteiger partial charge in [0.15, 0.2) is 5.11 Å². The Morgan fingerprint density at radius 3 is 2.45 bits per heavy atom. The van der Waals surface area contributed by atoms with Crippen molar-refractivity contribution >= 4 is 46.7 Å². The van der Waals surface area contributed by atoms with Crippen LogP contribution in [0.2, 0.25) is 0 Å². The average Bonchev–Trinajstić information content (AvgIpc) is 2.38. The highest BCUT2D eigenvalue weighted by Crippen LogP contribution is 2.06. The van der Waals surface area contributed by atoms with Gasteiger partial charge in [0.2, 0.25) is 0 Å². The molecule has 0 aliphatic carbocycles. The maximum absolute atomic E-state index is 11.1. The molecule has 0 saturated heterocycles. The molecule has 1 rings (SSSR count). The van der Waals surface area contributed by atoms with Gasteiger partial charge in [-0.15, -0.1) is 11.8 Å². The molecule has 1 aromatic carbocycles. The standard InChI is InChI=1S/C12H14N2O4S2/c15-10(16)7-20-6-9(11(17)18)14-12(19)13-8-4-2-1-3-5-8/h1-5,9H,6-7H2,(H,15,16)(H,17,18)(H2,13,14,19)/t9-/m1/s1. The molecule has 0 bridgehead atoms. The van der Waals surface area contributed by atoms with Gasteiger partial charge in [-0.25, -0.2) is 4.79 Å². The summed E-state index contributed by atoms with van der Waals surface area (Å²) in [4.78, 5) is 21.4. The molecule has 0 aliphatic heterocycles. The van der Waals surface area contributed by atoms with Gasteiger partial charge in [-0.1, -0.05) is 18.2 Å². The number of benzene rings is 1. The zero-order valence-electron chi connectivity index (χ0n) is 10.4. The first-order chi connectivity index (χ1) is 9.49. The van der Waals surface area contributed by atoms with E-state index < -0.39 is 18.0 Å². The summed E-state index contributed by atoms with van der Waals surface area (Å²) in [6.07, 6.45) is 0. The lowest BCUT2D eigenvalue weighted by Gasteiger charge is -2.16. The molecule has 0 amide bonds. The monoisotopic (exact) mass is 314 g/mol. The largest absolute Gasteiger partial charge is 0.481 e. The first-order valence-electron chi connectivity index (χ1n) is 5.64. The molecule has 0 unspecified atom stereocenters. The molecule has 1 aromatic rings. The molecular weight excluding hydrogens is 300 g/mol. The van der Waals surface area contributed by atoms with Crippen LogP contribution in [0.15, 0.2) is 30.3 Å². The topological polar surface area (TPSA) is 98.7 Å². The van der Waals surface area contributed by atoms with Crippen LogP contribution in [0.25, 0.3) is 0 Å². The van der Waals surface area contributed by atoms with Crippen LogP contribution in [0.5, 0.6) is 0 Å². The lowest BCUT2D eigenvalue weighted by atomic mass is 10.3. The second-order valence-electron chi connectivity index (χ2n) is 3.76. The summed E-state index contributed by atoms with van der Waals surface area (Å²) in [5, 5.41) is 23.2. The van der Waals surface area contributed by atoms with Crippen molar-refractivity contribution in [1.29, 1.82) is 0 Å². The van der Waals surface area contributed by atoms with E-state index in [0.717, 1.165) is 17.4 Å². The highest BCUT2D eigenvalue weighted by Gasteiger charge is 2.18. The number of nitrogens with one attached hydrogen (secondary N) is 2. The number of carbonyl (C=O) groups is 2. The van der Waals surface area contributed by atoms with Crippen molar-refractivity contribution < 1.29 is 19.8 Å². The van der Waals surface area contributed by atoms with E-state index in [0.29, 0.717) is 0 Å². The van der Waals surface area contributed by atoms with Crippen LogP contribution in [0.4, 0.5) is 5.69 Å². The van der Waals surface area contributed by atoms with Gasteiger partial charge in [-0.2, -0.15) is 0 Å². The molecule has 0 aliphatic rings. The SMILES string of the molecule is O=C(O)CSC[C@@H](NC(=S)Nc1ccccc1)C(=O)O. The number of carboxylic acid groups (broad SMARTS) is 2. The van der Waals surface area contributed by atoms with E-state index in [-0.39, 0.29) is 16.6 Å². The van der Waals surface area contributed by atoms with E-state index in [1.54, 1.807) is 12.1 Å². The molecule has 0 heterocycles. The van der Waals surface area contributed by atoms with E-state index in [4.69, 9.17) is 22.4 Å². The van der Waals surface area contributed by atoms with Crippen LogP contribution in [-0.4, -0.2) is 44.8 Å². The van der Waals surface area contributed by atoms with Crippen molar-refractivity contribution in [2.75, 3.05) is 16.8 Å². The summed E-state index contributed by atoms with van der Waals surface area (Å²) < 4.78 is 0. The minimum atomic E-state index is -1.08. The lowest BCUT2D eigenvalue weighted by molar-refractivity contribution is -0.138. The number of thiocarbonyl (C=S) groups is 1. The van der Waals surface area contributed by atoms with Gasteiger partial charge in [0, 0.05) is 11.4 Å². The summed E-state index contributed by atoms with van der Waals surface area (Å²) >= 11 is 6.04. The average molecular weight is 314 g/mol. The van der Waals surface area contributed by atoms with Crippen LogP contribution in [0, 0.1) is 0 Å². The molecule has 0 radical (unpaired) electrons. The van der Waals surface area contributed by atoms with Gasteiger partial charge in [0.25, 0.3) is 0 Å². The fourth-order valence-corrected chi connectivity index (χ4v) is 2.30. The van der Waals surface area contributed by atoms with Gasteiger partial charge in [-0.05, 0) is 24.4 Å². The molecule has 0 saturated carbocycles. The Bertz CT molecular complexity index is 482. The van der Waals surface area contributed by atoms with E-state index in [1.807, 2.05) is 18.2 Å². The Morgan fingerprint density at radius 2 is 1.90 bits per heavy atom. The number of aliphatic carboxylic acids is 2. The number of hydrogen-bond donors (Lipinski definition) is 4. The quantitative estimate of drug-likeness (QED) is 0.558. The minimum Gasteiger partial charge on any atom is -0.481 e. The fourth-order valence-electron chi connectivity index (χ4n) is 1.29. The second kappa shape index (κ2) is 8.39. The molecule has 20 heavy (non-hydrogen) atoms. The minimum absolute atomic E-state index is 0.109. The second-order valence-corrected chi connectivity index (χ2v) is 5.20. The fraction of sp³-hybridized carbons (Fsp3) is 0.250. The van der Waals surface area contributed by atoms with Crippen molar-refractivity contribution in [3.05, 3.63) is 30.3 Å². The van der Waals surface area contributed by atoms with Crippen LogP contribution in [-0.2, 0) is 9.59 Å². The molecule has 108 valence electrons. The number of rotatable bonds is 7. The predicted molar refractivity (Wildman–Crippen MR) is 82.2 cm³/mol. The number of carboxylic acids is 2. The number of hydrogen-bond acceptors (Lipinski definition) is 4. The Kier molecular flexibility index (Phi) is 6.82. The van der Waals surface area contributed by atoms with Gasteiger partial charge < -0.3 is 20.8 Å². The third-order valence-electron chi connectivity index (χ3n) is 2.15. The maximum atomic E-state index is 11.1. The maximum Gasteiger partial charge on any atom is 0.327 e. The molecular formula is C12H14N2O4S2. The molecule has 1 atom stereocenters. The molecule has 0 aromatic heterocycles. The normalized spacial score (nSPS) is 11.4. The van der Waals surface area contributed by atoms with Crippen LogP contribution in [0.1, 0.15) is 0 Å². The molecule has 0 fully saturated rings. The highest BCUT2D eigenvalue weighted by atomic mass is 32.2. The zero-order chi connectivity index (χ0) is 15.0. The van der Waals surface area contributed by atoms with Gasteiger partial charge >= 0.3 is 11.9 Å². The van der Waals surface area contributed by atoms with Crippen molar-refractivity contribution in [3.63, 3.8) is 0 Å². The summed E-state index contributed by atoms with van der Waals surface area (Å²) in [5.41, 5.74) is 0.743. The van der Waals surface area contributed by atoms with E-state index in [2.05, 4.69) is 10.6 Å². The van der Waals surface area contributed by atoms with Crippen LogP contribution in [0.3, 0.4) is 0 Å². The zero-order valence-corrected chi connectivity index (χ0v) is 12.0. The van der Waals surface area contributed by atoms with Gasteiger partial charge in [0.1, 0.15) is 6.04 Å². The van der Waals surface area contributed by atoms with E-state index >= 15 is 0 Å². The molecule has 4 N–H and O–H groups in total. The Balaban J connectivity index is 2.46. The summed E-state index contributed by atoms with van der Waals surface area (Å²) in [6.45, 7) is 0. The summed E-state index contributed by atoms with van der Waals surface area (Å²) in [6, 6.07) is 8.14. The van der Waals surface area contributed by atoms with E-state index in [9.17, 15) is 9.59 Å². The predicted octanol–water partition coefficient (Wildman–Crippen LogP) is 1.24. The molecule has 6 nitrogen and oxygen atoms in total. The van der Waals surface area contributed by atoms with Gasteiger partial charge in [0.05, 0.1) is 5.75 Å². The number of thioether (sulfide) groups is 1. The number of anilines is 1. The highest BCUT2D eigenvalue weighted by molar-refractivity contribution is 8.00. The van der Waals surface area contributed by atoms with Crippen molar-refractivity contribution in [3.8, 4) is 0 Å². The van der Waals surface area contributed by atoms with Crippen molar-refractivity contribution in [2.24, 2.45) is 0 Å².